The first kappa shape index (κ1) is 32.7. The van der Waals surface area contributed by atoms with Crippen LogP contribution in [0.15, 0.2) is 179 Å². The highest BCUT2D eigenvalue weighted by Crippen LogP contribution is 2.37. The van der Waals surface area contributed by atoms with E-state index in [4.69, 9.17) is 20.0 Å². The topological polar surface area (TPSA) is 53.7 Å². The van der Waals surface area contributed by atoms with Crippen molar-refractivity contribution in [3.8, 4) is 11.1 Å². The highest BCUT2D eigenvalue weighted by atomic mass is 15.3. The number of amidine groups is 2. The lowest BCUT2D eigenvalue weighted by atomic mass is 9.83. The summed E-state index contributed by atoms with van der Waals surface area (Å²) in [5.41, 5.74) is 13.2. The number of aromatic nitrogens is 2. The van der Waals surface area contributed by atoms with E-state index in [1.807, 2.05) is 24.5 Å². The van der Waals surface area contributed by atoms with E-state index in [2.05, 4.69) is 146 Å². The van der Waals surface area contributed by atoms with Gasteiger partial charge in [0.1, 0.15) is 12.0 Å². The van der Waals surface area contributed by atoms with Gasteiger partial charge in [-0.15, -0.1) is 0 Å². The van der Waals surface area contributed by atoms with Crippen molar-refractivity contribution in [2.45, 2.75) is 38.8 Å². The molecule has 53 heavy (non-hydrogen) atoms. The Morgan fingerprint density at radius 3 is 2.02 bits per heavy atom. The van der Waals surface area contributed by atoms with Gasteiger partial charge in [0, 0.05) is 46.9 Å². The van der Waals surface area contributed by atoms with Gasteiger partial charge in [-0.2, -0.15) is 0 Å². The second-order valence-corrected chi connectivity index (χ2v) is 14.4. The average molecular weight is 688 g/mol. The first-order chi connectivity index (χ1) is 26.1. The number of fused-ring (bicyclic) bond motifs is 2. The molecule has 0 N–H and O–H groups in total. The predicted molar refractivity (Wildman–Crippen MR) is 220 cm³/mol. The van der Waals surface area contributed by atoms with Crippen molar-refractivity contribution in [3.63, 3.8) is 0 Å². The van der Waals surface area contributed by atoms with Crippen molar-refractivity contribution in [2.75, 3.05) is 7.05 Å². The Hall–Kier alpha value is -6.20. The molecule has 6 aromatic rings. The molecule has 5 nitrogen and oxygen atoms in total. The van der Waals surface area contributed by atoms with Gasteiger partial charge in [-0.25, -0.2) is 9.98 Å². The van der Waals surface area contributed by atoms with Crippen LogP contribution >= 0.6 is 0 Å². The van der Waals surface area contributed by atoms with Gasteiger partial charge in [-0.1, -0.05) is 140 Å². The number of rotatable bonds is 7. The molecule has 0 fully saturated rings. The second-order valence-electron chi connectivity index (χ2n) is 14.4. The van der Waals surface area contributed by atoms with E-state index < -0.39 is 0 Å². The highest BCUT2D eigenvalue weighted by molar-refractivity contribution is 6.13. The van der Waals surface area contributed by atoms with E-state index in [1.54, 1.807) is 0 Å². The number of hydrogen-bond acceptors (Lipinski definition) is 5. The number of benzene rings is 4. The number of aliphatic imine (C=N–C) groups is 2. The molecule has 2 unspecified atom stereocenters. The molecule has 2 aliphatic carbocycles. The molecule has 0 radical (unpaired) electrons. The van der Waals surface area contributed by atoms with Gasteiger partial charge in [0.25, 0.3) is 0 Å². The third-order valence-electron chi connectivity index (χ3n) is 10.9. The Bertz CT molecular complexity index is 2520. The summed E-state index contributed by atoms with van der Waals surface area (Å²) in [6, 6.07) is 40.5. The van der Waals surface area contributed by atoms with Crippen LogP contribution in [-0.2, 0) is 6.42 Å². The summed E-state index contributed by atoms with van der Waals surface area (Å²) in [5, 5.41) is 2.30. The number of pyridine rings is 2. The quantitative estimate of drug-likeness (QED) is 0.168. The fourth-order valence-electron chi connectivity index (χ4n) is 8.04. The average Bonchev–Trinajstić information content (AvgIpc) is 3.21. The number of para-hydroxylation sites is 2. The van der Waals surface area contributed by atoms with Crippen molar-refractivity contribution in [1.82, 2.24) is 14.9 Å². The van der Waals surface area contributed by atoms with E-state index in [0.29, 0.717) is 0 Å². The maximum Gasteiger partial charge on any atom is 0.159 e. The Kier molecular flexibility index (Phi) is 8.68. The van der Waals surface area contributed by atoms with Crippen LogP contribution in [-0.4, -0.2) is 39.8 Å². The second kappa shape index (κ2) is 14.1. The molecule has 0 bridgehead atoms. The molecular weight excluding hydrogens is 647 g/mol. The van der Waals surface area contributed by atoms with Crippen molar-refractivity contribution >= 4 is 39.1 Å². The molecule has 0 spiro atoms. The maximum absolute atomic E-state index is 5.38. The third-order valence-corrected chi connectivity index (χ3v) is 10.9. The molecule has 3 aliphatic rings. The van der Waals surface area contributed by atoms with E-state index in [-0.39, 0.29) is 12.1 Å². The Morgan fingerprint density at radius 1 is 0.642 bits per heavy atom. The van der Waals surface area contributed by atoms with E-state index >= 15 is 0 Å². The van der Waals surface area contributed by atoms with E-state index in [0.717, 1.165) is 75.9 Å². The van der Waals surface area contributed by atoms with Crippen LogP contribution < -0.4 is 0 Å². The van der Waals surface area contributed by atoms with Gasteiger partial charge in [-0.05, 0) is 71.6 Å². The molecule has 1 aliphatic heterocycles. The van der Waals surface area contributed by atoms with Crippen LogP contribution in [0.2, 0.25) is 0 Å². The summed E-state index contributed by atoms with van der Waals surface area (Å²) in [5.74, 6) is 2.02. The predicted octanol–water partition coefficient (Wildman–Crippen LogP) is 10.8. The van der Waals surface area contributed by atoms with Crippen LogP contribution in [0.25, 0.3) is 38.5 Å². The fourth-order valence-corrected chi connectivity index (χ4v) is 8.04. The molecule has 0 amide bonds. The van der Waals surface area contributed by atoms with Gasteiger partial charge in [0.15, 0.2) is 5.84 Å². The van der Waals surface area contributed by atoms with Crippen LogP contribution in [0.5, 0.6) is 0 Å². The Balaban J connectivity index is 1.09. The molecule has 9 rings (SSSR count). The summed E-state index contributed by atoms with van der Waals surface area (Å²) in [4.78, 5) is 22.5. The zero-order chi connectivity index (χ0) is 35.7. The minimum absolute atomic E-state index is 0.144. The lowest BCUT2D eigenvalue weighted by molar-refractivity contribution is 0.402. The summed E-state index contributed by atoms with van der Waals surface area (Å²) in [6.07, 6.45) is 16.7. The molecule has 5 heteroatoms. The smallest absolute Gasteiger partial charge is 0.159 e. The van der Waals surface area contributed by atoms with Crippen LogP contribution in [0.3, 0.4) is 0 Å². The lowest BCUT2D eigenvalue weighted by Crippen LogP contribution is -2.43. The third kappa shape index (κ3) is 6.44. The summed E-state index contributed by atoms with van der Waals surface area (Å²) >= 11 is 0. The van der Waals surface area contributed by atoms with Crippen LogP contribution in [0.1, 0.15) is 42.9 Å². The number of likely N-dealkylation sites (N-methyl/N-ethyl adjacent to an activating group) is 1. The lowest BCUT2D eigenvalue weighted by Gasteiger charge is -2.37. The van der Waals surface area contributed by atoms with Gasteiger partial charge >= 0.3 is 0 Å². The number of allylic oxidation sites excluding steroid dienone is 6. The SMILES string of the molecule is CC1CC(c2cccc3cccnc23)=CC=C1C1=NC(c2ccc(-c3cccc4cccnc34)cc2)=NC(C2=CC=C(Cc3ccccc3)CC2)N1C. The van der Waals surface area contributed by atoms with Gasteiger partial charge in [0.2, 0.25) is 0 Å². The number of nitrogens with zero attached hydrogens (tertiary/aromatic N) is 5. The van der Waals surface area contributed by atoms with Crippen molar-refractivity contribution in [3.05, 3.63) is 185 Å². The Morgan fingerprint density at radius 2 is 1.32 bits per heavy atom. The maximum atomic E-state index is 5.38. The highest BCUT2D eigenvalue weighted by Gasteiger charge is 2.32. The van der Waals surface area contributed by atoms with Gasteiger partial charge in [-0.3, -0.25) is 9.97 Å². The molecule has 4 aromatic carbocycles. The minimum Gasteiger partial charge on any atom is -0.334 e. The van der Waals surface area contributed by atoms with E-state index in [1.165, 1.54) is 33.4 Å². The fraction of sp³-hybridized carbons (Fsp3) is 0.167. The largest absolute Gasteiger partial charge is 0.334 e. The summed E-state index contributed by atoms with van der Waals surface area (Å²) < 4.78 is 0. The molecule has 0 saturated heterocycles. The van der Waals surface area contributed by atoms with Gasteiger partial charge < -0.3 is 4.90 Å². The zero-order valence-electron chi connectivity index (χ0n) is 30.2. The normalized spacial score (nSPS) is 18.9. The van der Waals surface area contributed by atoms with Crippen LogP contribution in [0, 0.1) is 5.92 Å². The minimum atomic E-state index is -0.144. The van der Waals surface area contributed by atoms with Crippen molar-refractivity contribution < 1.29 is 0 Å². The van der Waals surface area contributed by atoms with Gasteiger partial charge in [0.05, 0.1) is 11.0 Å². The monoisotopic (exact) mass is 687 g/mol. The standard InChI is InChI=1S/C48H41N5/c1-32-30-40(43-17-7-13-37-15-9-29-50-45(37)43)26-27-41(32)48-52-46(38-24-22-35(23-25-38)42-16-6-12-36-14-8-28-49-44(36)42)51-47(53(48)2)39-20-18-34(19-21-39)31-33-10-4-3-5-11-33/h3-18,20,22-29,32,47H,19,21,30-31H2,1-2H3. The van der Waals surface area contributed by atoms with Crippen LogP contribution in [0.4, 0.5) is 0 Å². The van der Waals surface area contributed by atoms with Crippen molar-refractivity contribution in [1.29, 1.82) is 0 Å². The first-order valence-electron chi connectivity index (χ1n) is 18.6. The molecule has 2 atom stereocenters. The molecule has 3 heterocycles. The Labute approximate surface area is 311 Å². The molecule has 258 valence electrons. The van der Waals surface area contributed by atoms with Crippen molar-refractivity contribution in [2.24, 2.45) is 15.9 Å². The molecule has 0 saturated carbocycles. The first-order valence-corrected chi connectivity index (χ1v) is 18.6. The molecule has 2 aromatic heterocycles. The van der Waals surface area contributed by atoms with E-state index in [9.17, 15) is 0 Å². The molecular formula is C48H41N5. The summed E-state index contributed by atoms with van der Waals surface area (Å²) in [6.45, 7) is 2.32. The summed E-state index contributed by atoms with van der Waals surface area (Å²) in [7, 11) is 2.16. The zero-order valence-corrected chi connectivity index (χ0v) is 30.2. The number of hydrogen-bond donors (Lipinski definition) is 0.